The van der Waals surface area contributed by atoms with Crippen molar-refractivity contribution in [1.29, 1.82) is 0 Å². The van der Waals surface area contributed by atoms with Gasteiger partial charge in [-0.3, -0.25) is 19.9 Å². The Morgan fingerprint density at radius 1 is 1.07 bits per heavy atom. The summed E-state index contributed by atoms with van der Waals surface area (Å²) < 4.78 is 0. The number of carbonyl (C=O) groups excluding carboxylic acids is 1. The van der Waals surface area contributed by atoms with Crippen LogP contribution in [0.1, 0.15) is 42.4 Å². The Kier molecular flexibility index (Phi) is 6.06. The van der Waals surface area contributed by atoms with E-state index in [1.807, 2.05) is 39.0 Å². The summed E-state index contributed by atoms with van der Waals surface area (Å²) in [4.78, 5) is 32.4. The van der Waals surface area contributed by atoms with E-state index in [0.717, 1.165) is 5.69 Å². The summed E-state index contributed by atoms with van der Waals surface area (Å²) in [5.74, 6) is -0.00843. The average molecular weight is 405 g/mol. The van der Waals surface area contributed by atoms with Crippen molar-refractivity contribution < 1.29 is 9.72 Å². The number of pyridine rings is 2. The number of amides is 1. The first kappa shape index (κ1) is 20.9. The van der Waals surface area contributed by atoms with Crippen LogP contribution < -0.4 is 10.6 Å². The number of benzene rings is 1. The molecule has 1 aromatic carbocycles. The first-order valence-corrected chi connectivity index (χ1v) is 9.45. The standard InChI is InChI=1S/C22H23N5O3/c1-22(2,3)18-10-9-15(13-19(18)27(29)30)26-21(28)17-8-6-12-24-20(17)25-14-16-7-4-5-11-23-16/h4-13H,14H2,1-3H3,(H,24,25)(H,26,28). The summed E-state index contributed by atoms with van der Waals surface area (Å²) in [7, 11) is 0. The Balaban J connectivity index is 1.81. The zero-order chi connectivity index (χ0) is 21.7. The second kappa shape index (κ2) is 8.69. The van der Waals surface area contributed by atoms with Crippen molar-refractivity contribution in [3.8, 4) is 0 Å². The quantitative estimate of drug-likeness (QED) is 0.460. The van der Waals surface area contributed by atoms with E-state index in [1.54, 1.807) is 36.7 Å². The molecule has 8 nitrogen and oxygen atoms in total. The molecule has 1 amide bonds. The third kappa shape index (κ3) is 4.96. The van der Waals surface area contributed by atoms with Crippen LogP contribution in [0.25, 0.3) is 0 Å². The van der Waals surface area contributed by atoms with Crippen molar-refractivity contribution >= 4 is 23.1 Å². The number of hydrogen-bond donors (Lipinski definition) is 2. The minimum atomic E-state index is -0.430. The second-order valence-corrected chi connectivity index (χ2v) is 7.77. The van der Waals surface area contributed by atoms with Gasteiger partial charge in [-0.25, -0.2) is 4.98 Å². The smallest absolute Gasteiger partial charge is 0.275 e. The van der Waals surface area contributed by atoms with Crippen LogP contribution in [0.3, 0.4) is 0 Å². The molecule has 30 heavy (non-hydrogen) atoms. The number of nitrogens with one attached hydrogen (secondary N) is 2. The molecule has 0 aliphatic carbocycles. The van der Waals surface area contributed by atoms with Gasteiger partial charge in [0, 0.05) is 29.7 Å². The van der Waals surface area contributed by atoms with Crippen molar-refractivity contribution in [1.82, 2.24) is 9.97 Å². The van der Waals surface area contributed by atoms with Crippen LogP contribution in [-0.2, 0) is 12.0 Å². The fourth-order valence-corrected chi connectivity index (χ4v) is 3.00. The lowest BCUT2D eigenvalue weighted by molar-refractivity contribution is -0.385. The number of nitro groups is 1. The van der Waals surface area contributed by atoms with E-state index in [0.29, 0.717) is 29.2 Å². The van der Waals surface area contributed by atoms with Crippen molar-refractivity contribution in [2.75, 3.05) is 10.6 Å². The molecule has 0 aliphatic heterocycles. The van der Waals surface area contributed by atoms with Gasteiger partial charge in [-0.05, 0) is 41.8 Å². The normalized spacial score (nSPS) is 11.0. The van der Waals surface area contributed by atoms with Crippen molar-refractivity contribution in [2.45, 2.75) is 32.7 Å². The number of carbonyl (C=O) groups is 1. The van der Waals surface area contributed by atoms with Crippen LogP contribution in [0.15, 0.2) is 60.9 Å². The van der Waals surface area contributed by atoms with Gasteiger partial charge in [-0.15, -0.1) is 0 Å². The van der Waals surface area contributed by atoms with Gasteiger partial charge in [0.25, 0.3) is 11.6 Å². The molecule has 3 rings (SSSR count). The summed E-state index contributed by atoms with van der Waals surface area (Å²) in [6, 6.07) is 13.6. The summed E-state index contributed by atoms with van der Waals surface area (Å²) >= 11 is 0. The fourth-order valence-electron chi connectivity index (χ4n) is 3.00. The molecular weight excluding hydrogens is 382 g/mol. The Hall–Kier alpha value is -3.81. The summed E-state index contributed by atoms with van der Waals surface area (Å²) in [6.07, 6.45) is 3.28. The van der Waals surface area contributed by atoms with Gasteiger partial charge in [0.15, 0.2) is 0 Å². The van der Waals surface area contributed by atoms with Crippen LogP contribution in [0.5, 0.6) is 0 Å². The molecule has 0 spiro atoms. The number of hydrogen-bond acceptors (Lipinski definition) is 6. The van der Waals surface area contributed by atoms with Gasteiger partial charge in [-0.1, -0.05) is 26.8 Å². The molecule has 0 fully saturated rings. The lowest BCUT2D eigenvalue weighted by Crippen LogP contribution is -2.17. The zero-order valence-corrected chi connectivity index (χ0v) is 17.0. The SMILES string of the molecule is CC(C)(C)c1ccc(NC(=O)c2cccnc2NCc2ccccn2)cc1[N+](=O)[O-]. The third-order valence-electron chi connectivity index (χ3n) is 4.48. The molecule has 0 bridgehead atoms. The fraction of sp³-hybridized carbons (Fsp3) is 0.227. The summed E-state index contributed by atoms with van der Waals surface area (Å²) in [6.45, 7) is 6.12. The number of nitrogens with zero attached hydrogens (tertiary/aromatic N) is 3. The molecule has 3 aromatic rings. The minimum Gasteiger partial charge on any atom is -0.364 e. The van der Waals surface area contributed by atoms with Crippen LogP contribution in [-0.4, -0.2) is 20.8 Å². The second-order valence-electron chi connectivity index (χ2n) is 7.77. The molecule has 0 atom stereocenters. The van der Waals surface area contributed by atoms with Crippen LogP contribution >= 0.6 is 0 Å². The highest BCUT2D eigenvalue weighted by molar-refractivity contribution is 6.07. The predicted octanol–water partition coefficient (Wildman–Crippen LogP) is 4.55. The number of anilines is 2. The van der Waals surface area contributed by atoms with Crippen LogP contribution in [0, 0.1) is 10.1 Å². The van der Waals surface area contributed by atoms with E-state index < -0.39 is 16.2 Å². The molecule has 0 saturated carbocycles. The van der Waals surface area contributed by atoms with Gasteiger partial charge >= 0.3 is 0 Å². The van der Waals surface area contributed by atoms with Crippen LogP contribution in [0.4, 0.5) is 17.2 Å². The van der Waals surface area contributed by atoms with E-state index in [2.05, 4.69) is 20.6 Å². The zero-order valence-electron chi connectivity index (χ0n) is 17.0. The highest BCUT2D eigenvalue weighted by Gasteiger charge is 2.25. The summed E-state index contributed by atoms with van der Waals surface area (Å²) in [5.41, 5.74) is 1.67. The predicted molar refractivity (Wildman–Crippen MR) is 116 cm³/mol. The lowest BCUT2D eigenvalue weighted by Gasteiger charge is -2.19. The molecular formula is C22H23N5O3. The van der Waals surface area contributed by atoms with E-state index >= 15 is 0 Å². The topological polar surface area (TPSA) is 110 Å². The van der Waals surface area contributed by atoms with E-state index in [4.69, 9.17) is 0 Å². The van der Waals surface area contributed by atoms with Gasteiger partial charge in [0.1, 0.15) is 5.82 Å². The van der Waals surface area contributed by atoms with Crippen molar-refractivity contribution in [3.63, 3.8) is 0 Å². The Bertz CT molecular complexity index is 1060. The van der Waals surface area contributed by atoms with Gasteiger partial charge < -0.3 is 10.6 Å². The maximum absolute atomic E-state index is 12.8. The Labute approximate surface area is 174 Å². The Morgan fingerprint density at radius 2 is 1.83 bits per heavy atom. The molecule has 0 radical (unpaired) electrons. The molecule has 0 saturated heterocycles. The number of rotatable bonds is 6. The highest BCUT2D eigenvalue weighted by atomic mass is 16.6. The number of aromatic nitrogens is 2. The largest absolute Gasteiger partial charge is 0.364 e. The molecule has 2 aromatic heterocycles. The molecule has 0 unspecified atom stereocenters. The Morgan fingerprint density at radius 3 is 2.50 bits per heavy atom. The van der Waals surface area contributed by atoms with Gasteiger partial charge in [0.05, 0.1) is 22.7 Å². The molecule has 8 heteroatoms. The first-order chi connectivity index (χ1) is 14.3. The summed E-state index contributed by atoms with van der Waals surface area (Å²) in [5, 5.41) is 17.4. The molecule has 154 valence electrons. The van der Waals surface area contributed by atoms with E-state index in [1.165, 1.54) is 6.07 Å². The molecule has 2 heterocycles. The van der Waals surface area contributed by atoms with Gasteiger partial charge in [-0.2, -0.15) is 0 Å². The lowest BCUT2D eigenvalue weighted by atomic mass is 9.85. The number of nitro benzene ring substituents is 1. The van der Waals surface area contributed by atoms with E-state index in [9.17, 15) is 14.9 Å². The van der Waals surface area contributed by atoms with E-state index in [-0.39, 0.29) is 5.69 Å². The van der Waals surface area contributed by atoms with Crippen LogP contribution in [0.2, 0.25) is 0 Å². The molecule has 2 N–H and O–H groups in total. The highest BCUT2D eigenvalue weighted by Crippen LogP contribution is 2.33. The first-order valence-electron chi connectivity index (χ1n) is 9.45. The van der Waals surface area contributed by atoms with Gasteiger partial charge in [0.2, 0.25) is 0 Å². The molecule has 0 aliphatic rings. The minimum absolute atomic E-state index is 0.0278. The van der Waals surface area contributed by atoms with Crippen molar-refractivity contribution in [3.05, 3.63) is 87.9 Å². The van der Waals surface area contributed by atoms with Crippen molar-refractivity contribution in [2.24, 2.45) is 0 Å². The monoisotopic (exact) mass is 405 g/mol. The third-order valence-corrected chi connectivity index (χ3v) is 4.48. The maximum atomic E-state index is 12.8. The maximum Gasteiger partial charge on any atom is 0.275 e. The average Bonchev–Trinajstić information content (AvgIpc) is 2.72.